The molecule has 2 N–H and O–H groups in total. The quantitative estimate of drug-likeness (QED) is 0.695. The highest BCUT2D eigenvalue weighted by Crippen LogP contribution is 2.12. The minimum absolute atomic E-state index is 0.111. The highest BCUT2D eigenvalue weighted by molar-refractivity contribution is 7.89. The molecule has 0 fully saturated rings. The lowest BCUT2D eigenvalue weighted by Crippen LogP contribution is -2.40. The van der Waals surface area contributed by atoms with Crippen molar-refractivity contribution in [3.8, 4) is 0 Å². The number of aliphatic hydroxyl groups is 1. The monoisotopic (exact) mass is 307 g/mol. The van der Waals surface area contributed by atoms with Crippen molar-refractivity contribution in [1.82, 2.24) is 4.72 Å². The first-order valence-electron chi connectivity index (χ1n) is 5.80. The van der Waals surface area contributed by atoms with Gasteiger partial charge in [-0.2, -0.15) is 0 Å². The van der Waals surface area contributed by atoms with Gasteiger partial charge in [0.2, 0.25) is 10.0 Å². The van der Waals surface area contributed by atoms with Crippen LogP contribution < -0.4 is 4.72 Å². The maximum Gasteiger partial charge on any atom is 0.240 e. The van der Waals surface area contributed by atoms with Crippen molar-refractivity contribution in [3.63, 3.8) is 0 Å². The molecule has 0 saturated carbocycles. The Balaban J connectivity index is 2.81. The molecule has 7 heteroatoms. The maximum atomic E-state index is 12.0. The maximum absolute atomic E-state index is 12.0. The summed E-state index contributed by atoms with van der Waals surface area (Å²) in [5, 5.41) is 9.06. The molecule has 0 aliphatic rings. The van der Waals surface area contributed by atoms with E-state index in [9.17, 15) is 8.42 Å². The number of aliphatic hydroxyl groups excluding tert-OH is 1. The van der Waals surface area contributed by atoms with Gasteiger partial charge in [0.1, 0.15) is 0 Å². The molecule has 0 bridgehead atoms. The molecule has 0 amide bonds. The molecule has 1 aromatic carbocycles. The second-order valence-corrected chi connectivity index (χ2v) is 6.13. The van der Waals surface area contributed by atoms with Gasteiger partial charge >= 0.3 is 0 Å². The van der Waals surface area contributed by atoms with Crippen LogP contribution in [0.1, 0.15) is 5.56 Å². The number of halogens is 1. The van der Waals surface area contributed by atoms with Gasteiger partial charge in [-0.3, -0.25) is 0 Å². The third kappa shape index (κ3) is 5.08. The molecule has 0 aromatic heterocycles. The van der Waals surface area contributed by atoms with Crippen molar-refractivity contribution in [1.29, 1.82) is 0 Å². The lowest BCUT2D eigenvalue weighted by molar-refractivity contribution is 0.139. The molecular formula is C12H18ClNO4S. The largest absolute Gasteiger partial charge is 0.395 e. The minimum Gasteiger partial charge on any atom is -0.395 e. The summed E-state index contributed by atoms with van der Waals surface area (Å²) in [6.45, 7) is -0.211. The van der Waals surface area contributed by atoms with E-state index in [4.69, 9.17) is 21.4 Å². The molecule has 0 saturated heterocycles. The molecule has 19 heavy (non-hydrogen) atoms. The normalized spacial score (nSPS) is 13.4. The van der Waals surface area contributed by atoms with Crippen molar-refractivity contribution in [3.05, 3.63) is 29.8 Å². The Kier molecular flexibility index (Phi) is 6.74. The average Bonchev–Trinajstić information content (AvgIpc) is 2.39. The predicted octanol–water partition coefficient (Wildman–Crippen LogP) is 0.754. The topological polar surface area (TPSA) is 75.6 Å². The van der Waals surface area contributed by atoms with E-state index in [1.807, 2.05) is 0 Å². The van der Waals surface area contributed by atoms with Crippen molar-refractivity contribution < 1.29 is 18.3 Å². The lowest BCUT2D eigenvalue weighted by Gasteiger charge is -2.15. The molecule has 1 aromatic rings. The predicted molar refractivity (Wildman–Crippen MR) is 73.9 cm³/mol. The van der Waals surface area contributed by atoms with E-state index in [1.54, 1.807) is 12.1 Å². The summed E-state index contributed by atoms with van der Waals surface area (Å²) in [6, 6.07) is 5.83. The molecule has 0 radical (unpaired) electrons. The van der Waals surface area contributed by atoms with Gasteiger partial charge in [0.15, 0.2) is 0 Å². The molecule has 1 rings (SSSR count). The molecular weight excluding hydrogens is 290 g/mol. The molecule has 1 atom stereocenters. The molecule has 5 nitrogen and oxygen atoms in total. The SMILES string of the molecule is COCC(CO)NS(=O)(=O)c1ccc(CCCl)cc1. The average molecular weight is 308 g/mol. The van der Waals surface area contributed by atoms with Crippen molar-refractivity contribution in [2.24, 2.45) is 0 Å². The fourth-order valence-electron chi connectivity index (χ4n) is 1.56. The minimum atomic E-state index is -3.65. The third-order valence-corrected chi connectivity index (χ3v) is 4.25. The van der Waals surface area contributed by atoms with Gasteiger partial charge in [0.05, 0.1) is 24.2 Å². The van der Waals surface area contributed by atoms with Gasteiger partial charge in [-0.1, -0.05) is 12.1 Å². The smallest absolute Gasteiger partial charge is 0.240 e. The molecule has 108 valence electrons. The Labute approximate surface area is 118 Å². The van der Waals surface area contributed by atoms with Gasteiger partial charge in [-0.25, -0.2) is 13.1 Å². The second-order valence-electron chi connectivity index (χ2n) is 4.04. The van der Waals surface area contributed by atoms with Crippen molar-refractivity contribution in [2.75, 3.05) is 26.2 Å². The Bertz CT molecular complexity index is 475. The van der Waals surface area contributed by atoms with Crippen LogP contribution in [-0.2, 0) is 21.2 Å². The van der Waals surface area contributed by atoms with Gasteiger partial charge in [-0.15, -0.1) is 11.6 Å². The first kappa shape index (κ1) is 16.4. The van der Waals surface area contributed by atoms with Gasteiger partial charge in [-0.05, 0) is 24.1 Å². The fraction of sp³-hybridized carbons (Fsp3) is 0.500. The number of alkyl halides is 1. The number of methoxy groups -OCH3 is 1. The van der Waals surface area contributed by atoms with E-state index in [0.29, 0.717) is 12.3 Å². The zero-order valence-electron chi connectivity index (χ0n) is 10.7. The van der Waals surface area contributed by atoms with Crippen LogP contribution in [0, 0.1) is 0 Å². The van der Waals surface area contributed by atoms with Crippen LogP contribution in [-0.4, -0.2) is 45.8 Å². The van der Waals surface area contributed by atoms with E-state index in [1.165, 1.54) is 19.2 Å². The number of nitrogens with one attached hydrogen (secondary N) is 1. The standard InChI is InChI=1S/C12H18ClNO4S/c1-18-9-11(8-15)14-19(16,17)12-4-2-10(3-5-12)6-7-13/h2-5,11,14-15H,6-9H2,1H3. The Hall–Kier alpha value is -0.660. The number of benzene rings is 1. The summed E-state index contributed by atoms with van der Waals surface area (Å²) in [7, 11) is -2.21. The molecule has 0 aliphatic heterocycles. The first-order valence-corrected chi connectivity index (χ1v) is 7.82. The van der Waals surface area contributed by atoms with E-state index in [-0.39, 0.29) is 18.1 Å². The van der Waals surface area contributed by atoms with Gasteiger partial charge in [0.25, 0.3) is 0 Å². The molecule has 1 unspecified atom stereocenters. The zero-order valence-corrected chi connectivity index (χ0v) is 12.2. The van der Waals surface area contributed by atoms with Crippen molar-refractivity contribution in [2.45, 2.75) is 17.4 Å². The molecule has 0 heterocycles. The lowest BCUT2D eigenvalue weighted by atomic mass is 10.2. The zero-order chi connectivity index (χ0) is 14.3. The van der Waals surface area contributed by atoms with E-state index < -0.39 is 16.1 Å². The third-order valence-electron chi connectivity index (χ3n) is 2.53. The number of rotatable bonds is 8. The van der Waals surface area contributed by atoms with Gasteiger partial charge < -0.3 is 9.84 Å². The number of ether oxygens (including phenoxy) is 1. The van der Waals surface area contributed by atoms with E-state index >= 15 is 0 Å². The molecule has 0 spiro atoms. The highest BCUT2D eigenvalue weighted by Gasteiger charge is 2.19. The van der Waals surface area contributed by atoms with Crippen LogP contribution >= 0.6 is 11.6 Å². The summed E-state index contributed by atoms with van der Waals surface area (Å²) in [5.41, 5.74) is 0.976. The Morgan fingerprint density at radius 3 is 2.47 bits per heavy atom. The van der Waals surface area contributed by atoms with Crippen LogP contribution in [0.25, 0.3) is 0 Å². The second kappa shape index (κ2) is 7.81. The van der Waals surface area contributed by atoms with Crippen molar-refractivity contribution >= 4 is 21.6 Å². The van der Waals surface area contributed by atoms with Crippen LogP contribution in [0.5, 0.6) is 0 Å². The summed E-state index contributed by atoms with van der Waals surface area (Å²) >= 11 is 5.62. The summed E-state index contributed by atoms with van der Waals surface area (Å²) in [4.78, 5) is 0.153. The Morgan fingerprint density at radius 1 is 1.37 bits per heavy atom. The number of hydrogen-bond donors (Lipinski definition) is 2. The fourth-order valence-corrected chi connectivity index (χ4v) is 2.99. The number of hydrogen-bond acceptors (Lipinski definition) is 4. The van der Waals surface area contributed by atoms with Crippen LogP contribution in [0.15, 0.2) is 29.2 Å². The Morgan fingerprint density at radius 2 is 2.00 bits per heavy atom. The number of sulfonamides is 1. The van der Waals surface area contributed by atoms with Gasteiger partial charge in [0, 0.05) is 13.0 Å². The first-order chi connectivity index (χ1) is 9.03. The number of aryl methyl sites for hydroxylation is 1. The highest BCUT2D eigenvalue weighted by atomic mass is 35.5. The van der Waals surface area contributed by atoms with Crippen LogP contribution in [0.3, 0.4) is 0 Å². The molecule has 0 aliphatic carbocycles. The van der Waals surface area contributed by atoms with E-state index in [0.717, 1.165) is 5.56 Å². The summed E-state index contributed by atoms with van der Waals surface area (Å²) in [5.74, 6) is 0.491. The van der Waals surface area contributed by atoms with E-state index in [2.05, 4.69) is 4.72 Å². The summed E-state index contributed by atoms with van der Waals surface area (Å²) < 4.78 is 31.3. The van der Waals surface area contributed by atoms with Crippen LogP contribution in [0.4, 0.5) is 0 Å². The summed E-state index contributed by atoms with van der Waals surface area (Å²) in [6.07, 6.45) is 0.693. The van der Waals surface area contributed by atoms with Crippen LogP contribution in [0.2, 0.25) is 0 Å².